The summed E-state index contributed by atoms with van der Waals surface area (Å²) in [6.45, 7) is 5.41. The Kier molecular flexibility index (Phi) is 6.73. The first-order valence-electron chi connectivity index (χ1n) is 6.47. The Morgan fingerprint density at radius 2 is 1.67 bits per heavy atom. The van der Waals surface area contributed by atoms with Crippen LogP contribution in [0.2, 0.25) is 5.02 Å². The molecule has 0 aliphatic carbocycles. The van der Waals surface area contributed by atoms with Crippen molar-refractivity contribution in [3.63, 3.8) is 0 Å². The van der Waals surface area contributed by atoms with Gasteiger partial charge in [0.15, 0.2) is 0 Å². The van der Waals surface area contributed by atoms with Crippen LogP contribution in [0.25, 0.3) is 0 Å². The molecule has 4 heteroatoms. The van der Waals surface area contributed by atoms with Gasteiger partial charge in [-0.2, -0.15) is 0 Å². The van der Waals surface area contributed by atoms with Crippen LogP contribution in [-0.2, 0) is 0 Å². The van der Waals surface area contributed by atoms with E-state index in [0.717, 1.165) is 25.7 Å². The summed E-state index contributed by atoms with van der Waals surface area (Å²) in [5, 5.41) is 9.95. The molecule has 0 heterocycles. The summed E-state index contributed by atoms with van der Waals surface area (Å²) in [5.74, 6) is 1.07. The average molecular weight is 273 g/mol. The normalized spacial score (nSPS) is 10.4. The smallest absolute Gasteiger partial charge is 0.145 e. The molecule has 1 aromatic carbocycles. The Morgan fingerprint density at radius 3 is 2.28 bits per heavy atom. The third kappa shape index (κ3) is 4.65. The quantitative estimate of drug-likeness (QED) is 0.713. The minimum absolute atomic E-state index is 0.00263. The summed E-state index contributed by atoms with van der Waals surface area (Å²) < 4.78 is 11.1. The highest BCUT2D eigenvalue weighted by Gasteiger charge is 2.10. The van der Waals surface area contributed by atoms with Crippen LogP contribution in [0, 0.1) is 0 Å². The highest BCUT2D eigenvalue weighted by Crippen LogP contribution is 2.37. The van der Waals surface area contributed by atoms with Gasteiger partial charge in [-0.3, -0.25) is 0 Å². The fourth-order valence-electron chi connectivity index (χ4n) is 1.41. The lowest BCUT2D eigenvalue weighted by molar-refractivity contribution is 0.291. The van der Waals surface area contributed by atoms with Crippen LogP contribution in [0.5, 0.6) is 17.2 Å². The molecule has 0 amide bonds. The first kappa shape index (κ1) is 15.0. The molecule has 0 saturated heterocycles. The third-order valence-electron chi connectivity index (χ3n) is 2.52. The molecule has 0 bridgehead atoms. The molecule has 102 valence electrons. The van der Waals surface area contributed by atoms with E-state index in [-0.39, 0.29) is 10.8 Å². The van der Waals surface area contributed by atoms with Crippen molar-refractivity contribution in [1.29, 1.82) is 0 Å². The number of benzene rings is 1. The number of unbranched alkanes of at least 4 members (excludes halogenated alkanes) is 2. The maximum atomic E-state index is 9.70. The molecule has 0 aliphatic heterocycles. The summed E-state index contributed by atoms with van der Waals surface area (Å²) in [4.78, 5) is 0. The molecule has 0 radical (unpaired) electrons. The first-order valence-corrected chi connectivity index (χ1v) is 6.85. The zero-order chi connectivity index (χ0) is 13.4. The highest BCUT2D eigenvalue weighted by atomic mass is 35.5. The van der Waals surface area contributed by atoms with Gasteiger partial charge in [0.05, 0.1) is 13.2 Å². The predicted octanol–water partition coefficient (Wildman–Crippen LogP) is 4.40. The lowest BCUT2D eigenvalue weighted by Gasteiger charge is -2.12. The van der Waals surface area contributed by atoms with E-state index in [2.05, 4.69) is 13.8 Å². The average Bonchev–Trinajstić information content (AvgIpc) is 2.35. The number of phenolic OH excluding ortho intramolecular Hbond substituents is 1. The van der Waals surface area contributed by atoms with Crippen LogP contribution in [0.4, 0.5) is 0 Å². The zero-order valence-electron chi connectivity index (χ0n) is 11.0. The molecule has 1 aromatic rings. The van der Waals surface area contributed by atoms with Gasteiger partial charge < -0.3 is 14.6 Å². The SMILES string of the molecule is CCCCOc1cc(O)c(Cl)c(OCCCC)c1. The lowest BCUT2D eigenvalue weighted by Crippen LogP contribution is -2.00. The molecule has 0 unspecified atom stereocenters. The van der Waals surface area contributed by atoms with Crippen molar-refractivity contribution in [3.05, 3.63) is 17.2 Å². The van der Waals surface area contributed by atoms with Gasteiger partial charge in [0, 0.05) is 12.1 Å². The second kappa shape index (κ2) is 8.09. The number of hydrogen-bond donors (Lipinski definition) is 1. The van der Waals surface area contributed by atoms with Crippen molar-refractivity contribution in [3.8, 4) is 17.2 Å². The van der Waals surface area contributed by atoms with Gasteiger partial charge in [0.2, 0.25) is 0 Å². The van der Waals surface area contributed by atoms with Gasteiger partial charge in [0.1, 0.15) is 22.3 Å². The van der Waals surface area contributed by atoms with Gasteiger partial charge in [-0.25, -0.2) is 0 Å². The van der Waals surface area contributed by atoms with Crippen molar-refractivity contribution < 1.29 is 14.6 Å². The molecule has 3 nitrogen and oxygen atoms in total. The summed E-state index contributed by atoms with van der Waals surface area (Å²) in [5.41, 5.74) is 0. The van der Waals surface area contributed by atoms with E-state index < -0.39 is 0 Å². The van der Waals surface area contributed by atoms with Gasteiger partial charge >= 0.3 is 0 Å². The Hall–Kier alpha value is -1.09. The largest absolute Gasteiger partial charge is 0.506 e. The number of phenols is 1. The number of rotatable bonds is 8. The van der Waals surface area contributed by atoms with Crippen LogP contribution >= 0.6 is 11.6 Å². The fraction of sp³-hybridized carbons (Fsp3) is 0.571. The zero-order valence-corrected chi connectivity index (χ0v) is 11.8. The minimum Gasteiger partial charge on any atom is -0.506 e. The van der Waals surface area contributed by atoms with Gasteiger partial charge in [-0.05, 0) is 12.8 Å². The summed E-state index contributed by atoms with van der Waals surface area (Å²) in [6, 6.07) is 3.25. The van der Waals surface area contributed by atoms with Gasteiger partial charge in [0.25, 0.3) is 0 Å². The van der Waals surface area contributed by atoms with Crippen LogP contribution in [-0.4, -0.2) is 18.3 Å². The number of ether oxygens (including phenoxy) is 2. The molecule has 0 fully saturated rings. The third-order valence-corrected chi connectivity index (χ3v) is 2.90. The van der Waals surface area contributed by atoms with Crippen molar-refractivity contribution >= 4 is 11.6 Å². The molecule has 0 aromatic heterocycles. The molecule has 0 aliphatic rings. The molecule has 1 N–H and O–H groups in total. The van der Waals surface area contributed by atoms with Crippen molar-refractivity contribution in [2.24, 2.45) is 0 Å². The van der Waals surface area contributed by atoms with Crippen LogP contribution in [0.1, 0.15) is 39.5 Å². The summed E-state index contributed by atoms with van der Waals surface area (Å²) >= 11 is 5.97. The topological polar surface area (TPSA) is 38.7 Å². The standard InChI is InChI=1S/C14H21ClO3/c1-3-5-7-17-11-9-12(16)14(15)13(10-11)18-8-6-4-2/h9-10,16H,3-8H2,1-2H3. The van der Waals surface area contributed by atoms with E-state index in [4.69, 9.17) is 21.1 Å². The van der Waals surface area contributed by atoms with Gasteiger partial charge in [-0.1, -0.05) is 38.3 Å². The summed E-state index contributed by atoms with van der Waals surface area (Å²) in [6.07, 6.45) is 4.06. The van der Waals surface area contributed by atoms with E-state index in [9.17, 15) is 5.11 Å². The highest BCUT2D eigenvalue weighted by molar-refractivity contribution is 6.33. The fourth-order valence-corrected chi connectivity index (χ4v) is 1.57. The van der Waals surface area contributed by atoms with Crippen molar-refractivity contribution in [1.82, 2.24) is 0 Å². The second-order valence-electron chi connectivity index (χ2n) is 4.16. The van der Waals surface area contributed by atoms with E-state index in [1.54, 1.807) is 6.07 Å². The van der Waals surface area contributed by atoms with Crippen LogP contribution < -0.4 is 9.47 Å². The van der Waals surface area contributed by atoms with Crippen LogP contribution in [0.15, 0.2) is 12.1 Å². The molecule has 1 rings (SSSR count). The molecular formula is C14H21ClO3. The predicted molar refractivity (Wildman–Crippen MR) is 73.9 cm³/mol. The minimum atomic E-state index is -0.00263. The Morgan fingerprint density at radius 1 is 1.06 bits per heavy atom. The molecule has 0 atom stereocenters. The Balaban J connectivity index is 2.69. The van der Waals surface area contributed by atoms with E-state index >= 15 is 0 Å². The van der Waals surface area contributed by atoms with Crippen LogP contribution in [0.3, 0.4) is 0 Å². The molecule has 18 heavy (non-hydrogen) atoms. The number of hydrogen-bond acceptors (Lipinski definition) is 3. The second-order valence-corrected chi connectivity index (χ2v) is 4.54. The Bertz CT molecular complexity index is 366. The first-order chi connectivity index (χ1) is 8.69. The van der Waals surface area contributed by atoms with Gasteiger partial charge in [-0.15, -0.1) is 0 Å². The van der Waals surface area contributed by atoms with E-state index in [0.29, 0.717) is 24.7 Å². The monoisotopic (exact) mass is 272 g/mol. The summed E-state index contributed by atoms with van der Waals surface area (Å²) in [7, 11) is 0. The molecule has 0 spiro atoms. The van der Waals surface area contributed by atoms with Crippen molar-refractivity contribution in [2.75, 3.05) is 13.2 Å². The lowest BCUT2D eigenvalue weighted by atomic mass is 10.3. The van der Waals surface area contributed by atoms with E-state index in [1.807, 2.05) is 0 Å². The van der Waals surface area contributed by atoms with E-state index in [1.165, 1.54) is 6.07 Å². The maximum Gasteiger partial charge on any atom is 0.145 e. The Labute approximate surface area is 114 Å². The molecule has 0 saturated carbocycles. The number of halogens is 1. The van der Waals surface area contributed by atoms with Crippen molar-refractivity contribution in [2.45, 2.75) is 39.5 Å². The number of aromatic hydroxyl groups is 1. The molecular weight excluding hydrogens is 252 g/mol. The maximum absolute atomic E-state index is 9.70.